The summed E-state index contributed by atoms with van der Waals surface area (Å²) >= 11 is 0. The summed E-state index contributed by atoms with van der Waals surface area (Å²) in [6.45, 7) is 3.16. The van der Waals surface area contributed by atoms with Crippen LogP contribution in [0.3, 0.4) is 0 Å². The van der Waals surface area contributed by atoms with E-state index in [1.165, 1.54) is 13.5 Å². The Morgan fingerprint density at radius 2 is 1.67 bits per heavy atom. The van der Waals surface area contributed by atoms with E-state index in [2.05, 4.69) is 35.7 Å². The molecule has 0 bridgehead atoms. The van der Waals surface area contributed by atoms with E-state index in [9.17, 15) is 4.79 Å². The van der Waals surface area contributed by atoms with Crippen molar-refractivity contribution in [2.24, 2.45) is 0 Å². The highest BCUT2D eigenvalue weighted by molar-refractivity contribution is 5.69. The van der Waals surface area contributed by atoms with E-state index in [-0.39, 0.29) is 5.97 Å². The second-order valence-corrected chi connectivity index (χ2v) is 4.14. The number of nitrogens with zero attached hydrogens (tertiary/aromatic N) is 2. The van der Waals surface area contributed by atoms with Crippen molar-refractivity contribution in [1.82, 2.24) is 9.80 Å². The van der Waals surface area contributed by atoms with Gasteiger partial charge in [-0.2, -0.15) is 0 Å². The molecule has 0 aromatic heterocycles. The van der Waals surface area contributed by atoms with E-state index < -0.39 is 0 Å². The molecule has 0 rings (SSSR count). The molecule has 0 aromatic rings. The van der Waals surface area contributed by atoms with Gasteiger partial charge in [0.25, 0.3) is 0 Å². The van der Waals surface area contributed by atoms with Crippen LogP contribution in [0.15, 0.2) is 0 Å². The van der Waals surface area contributed by atoms with Crippen molar-refractivity contribution in [1.29, 1.82) is 0 Å². The molecule has 15 heavy (non-hydrogen) atoms. The van der Waals surface area contributed by atoms with Crippen molar-refractivity contribution in [2.75, 3.05) is 47.9 Å². The molecule has 0 unspecified atom stereocenters. The van der Waals surface area contributed by atoms with Gasteiger partial charge in [-0.05, 0) is 53.6 Å². The summed E-state index contributed by atoms with van der Waals surface area (Å²) in [7, 11) is 7.69. The molecule has 0 N–H and O–H groups in total. The number of hydrogen-bond donors (Lipinski definition) is 0. The summed E-state index contributed by atoms with van der Waals surface area (Å²) < 4.78 is 4.58. The molecule has 0 atom stereocenters. The fourth-order valence-corrected chi connectivity index (χ4v) is 1.36. The number of methoxy groups -OCH3 is 1. The molecule has 0 saturated carbocycles. The van der Waals surface area contributed by atoms with E-state index in [0.717, 1.165) is 26.1 Å². The zero-order valence-corrected chi connectivity index (χ0v) is 10.5. The van der Waals surface area contributed by atoms with Crippen LogP contribution >= 0.6 is 0 Å². The average Bonchev–Trinajstić information content (AvgIpc) is 2.17. The number of hydrogen-bond acceptors (Lipinski definition) is 4. The average molecular weight is 216 g/mol. The first-order chi connectivity index (χ1) is 7.06. The van der Waals surface area contributed by atoms with Gasteiger partial charge in [0.15, 0.2) is 0 Å². The molecule has 0 aliphatic heterocycles. The Balaban J connectivity index is 3.33. The van der Waals surface area contributed by atoms with Gasteiger partial charge in [-0.25, -0.2) is 0 Å². The zero-order valence-electron chi connectivity index (χ0n) is 10.5. The number of esters is 1. The molecular formula is C11H24N2O2. The molecule has 0 heterocycles. The summed E-state index contributed by atoms with van der Waals surface area (Å²) in [5.74, 6) is -0.114. The Morgan fingerprint density at radius 3 is 2.20 bits per heavy atom. The standard InChI is InChI=1S/C11H24N2O2/c1-12(2)8-6-10-13(3)9-5-7-11(14)15-4/h5-10H2,1-4H3. The quantitative estimate of drug-likeness (QED) is 0.562. The predicted molar refractivity (Wildman–Crippen MR) is 61.9 cm³/mol. The lowest BCUT2D eigenvalue weighted by atomic mass is 10.3. The van der Waals surface area contributed by atoms with Crippen molar-refractivity contribution in [2.45, 2.75) is 19.3 Å². The third-order valence-corrected chi connectivity index (χ3v) is 2.29. The first-order valence-electron chi connectivity index (χ1n) is 5.46. The molecule has 0 aliphatic carbocycles. The molecule has 0 fully saturated rings. The van der Waals surface area contributed by atoms with Crippen molar-refractivity contribution < 1.29 is 9.53 Å². The Morgan fingerprint density at radius 1 is 1.07 bits per heavy atom. The number of rotatable bonds is 8. The highest BCUT2D eigenvalue weighted by atomic mass is 16.5. The molecule has 4 nitrogen and oxygen atoms in total. The van der Waals surface area contributed by atoms with Gasteiger partial charge in [0, 0.05) is 6.42 Å². The van der Waals surface area contributed by atoms with Crippen LogP contribution in [0.5, 0.6) is 0 Å². The fraction of sp³-hybridized carbons (Fsp3) is 0.909. The fourth-order valence-electron chi connectivity index (χ4n) is 1.36. The maximum absolute atomic E-state index is 10.8. The first-order valence-corrected chi connectivity index (χ1v) is 5.46. The largest absolute Gasteiger partial charge is 0.469 e. The number of ether oxygens (including phenoxy) is 1. The molecule has 4 heteroatoms. The van der Waals surface area contributed by atoms with E-state index in [1.807, 2.05) is 0 Å². The van der Waals surface area contributed by atoms with Crippen LogP contribution in [-0.2, 0) is 9.53 Å². The van der Waals surface area contributed by atoms with Gasteiger partial charge in [-0.1, -0.05) is 0 Å². The lowest BCUT2D eigenvalue weighted by molar-refractivity contribution is -0.140. The zero-order chi connectivity index (χ0) is 11.7. The van der Waals surface area contributed by atoms with Crippen LogP contribution in [-0.4, -0.2) is 63.7 Å². The van der Waals surface area contributed by atoms with Crippen LogP contribution in [0, 0.1) is 0 Å². The maximum atomic E-state index is 10.8. The van der Waals surface area contributed by atoms with E-state index in [1.54, 1.807) is 0 Å². The SMILES string of the molecule is COC(=O)CCCN(C)CCCN(C)C. The molecule has 0 amide bonds. The van der Waals surface area contributed by atoms with Crippen LogP contribution in [0.2, 0.25) is 0 Å². The van der Waals surface area contributed by atoms with Crippen molar-refractivity contribution >= 4 is 5.97 Å². The topological polar surface area (TPSA) is 32.8 Å². The van der Waals surface area contributed by atoms with Crippen LogP contribution in [0.25, 0.3) is 0 Å². The minimum absolute atomic E-state index is 0.114. The van der Waals surface area contributed by atoms with Gasteiger partial charge >= 0.3 is 5.97 Å². The lowest BCUT2D eigenvalue weighted by Crippen LogP contribution is -2.25. The normalized spacial score (nSPS) is 11.1. The summed E-state index contributed by atoms with van der Waals surface area (Å²) in [5, 5.41) is 0. The molecule has 0 radical (unpaired) electrons. The van der Waals surface area contributed by atoms with Crippen molar-refractivity contribution in [3.63, 3.8) is 0 Å². The summed E-state index contributed by atoms with van der Waals surface area (Å²) in [6.07, 6.45) is 2.57. The predicted octanol–water partition coefficient (Wildman–Crippen LogP) is 0.823. The van der Waals surface area contributed by atoms with Crippen LogP contribution < -0.4 is 0 Å². The third-order valence-electron chi connectivity index (χ3n) is 2.29. The maximum Gasteiger partial charge on any atom is 0.305 e. The van der Waals surface area contributed by atoms with E-state index >= 15 is 0 Å². The highest BCUT2D eigenvalue weighted by Gasteiger charge is 2.02. The van der Waals surface area contributed by atoms with Crippen LogP contribution in [0.4, 0.5) is 0 Å². The molecule has 90 valence electrons. The molecule has 0 aromatic carbocycles. The lowest BCUT2D eigenvalue weighted by Gasteiger charge is -2.17. The monoisotopic (exact) mass is 216 g/mol. The Bertz CT molecular complexity index is 172. The Hall–Kier alpha value is -0.610. The molecular weight excluding hydrogens is 192 g/mol. The van der Waals surface area contributed by atoms with Gasteiger partial charge in [-0.15, -0.1) is 0 Å². The Kier molecular flexibility index (Phi) is 8.33. The van der Waals surface area contributed by atoms with Crippen LogP contribution in [0.1, 0.15) is 19.3 Å². The molecule has 0 saturated heterocycles. The Labute approximate surface area is 93.2 Å². The third kappa shape index (κ3) is 9.69. The van der Waals surface area contributed by atoms with Gasteiger partial charge in [0.1, 0.15) is 0 Å². The van der Waals surface area contributed by atoms with Gasteiger partial charge in [0.2, 0.25) is 0 Å². The second-order valence-electron chi connectivity index (χ2n) is 4.14. The minimum atomic E-state index is -0.114. The minimum Gasteiger partial charge on any atom is -0.469 e. The molecule has 0 spiro atoms. The highest BCUT2D eigenvalue weighted by Crippen LogP contribution is 1.96. The van der Waals surface area contributed by atoms with E-state index in [0.29, 0.717) is 6.42 Å². The number of carbonyl (C=O) groups is 1. The molecule has 0 aliphatic rings. The van der Waals surface area contributed by atoms with Gasteiger partial charge in [0.05, 0.1) is 7.11 Å². The summed E-state index contributed by atoms with van der Waals surface area (Å²) in [5.41, 5.74) is 0. The second kappa shape index (κ2) is 8.68. The van der Waals surface area contributed by atoms with Gasteiger partial charge in [-0.3, -0.25) is 4.79 Å². The smallest absolute Gasteiger partial charge is 0.305 e. The van der Waals surface area contributed by atoms with Gasteiger partial charge < -0.3 is 14.5 Å². The number of carbonyl (C=O) groups excluding carboxylic acids is 1. The van der Waals surface area contributed by atoms with Crippen molar-refractivity contribution in [3.05, 3.63) is 0 Å². The first kappa shape index (κ1) is 14.4. The van der Waals surface area contributed by atoms with E-state index in [4.69, 9.17) is 0 Å². The summed E-state index contributed by atoms with van der Waals surface area (Å²) in [6, 6.07) is 0. The van der Waals surface area contributed by atoms with Crippen molar-refractivity contribution in [3.8, 4) is 0 Å². The summed E-state index contributed by atoms with van der Waals surface area (Å²) in [4.78, 5) is 15.3.